The van der Waals surface area contributed by atoms with Gasteiger partial charge in [-0.1, -0.05) is 23.7 Å². The molecule has 0 radical (unpaired) electrons. The smallest absolute Gasteiger partial charge is 0.411 e. The Morgan fingerprint density at radius 3 is 2.57 bits per heavy atom. The van der Waals surface area contributed by atoms with E-state index in [0.717, 1.165) is 29.7 Å². The maximum Gasteiger partial charge on any atom is 0.411 e. The number of carbonyl (C=O) groups is 2. The van der Waals surface area contributed by atoms with Crippen molar-refractivity contribution in [1.82, 2.24) is 19.9 Å². The number of halogens is 1. The molecule has 3 heterocycles. The molecule has 1 aliphatic heterocycles. The number of methoxy groups -OCH3 is 1. The number of nitrogens with one attached hydrogen (secondary N) is 3. The van der Waals surface area contributed by atoms with Crippen molar-refractivity contribution >= 4 is 46.1 Å². The normalized spacial score (nSPS) is 13.9. The van der Waals surface area contributed by atoms with Crippen molar-refractivity contribution in [1.29, 1.82) is 0 Å². The standard InChI is InChI=1S/C26H25ClN6O4/c1-36-26(35)30-18-4-2-16(3-5-18)17-12-22-25(28-14-17)32-24(31-22)20-13-19(6-7-21(20)27)29-23(34)15-33-8-10-37-11-9-33/h2-7,12-14H,8-11,15H2,1H3,(H,29,34)(H,30,35)(H,28,31,32). The summed E-state index contributed by atoms with van der Waals surface area (Å²) in [6.45, 7) is 3.05. The number of amides is 2. The summed E-state index contributed by atoms with van der Waals surface area (Å²) in [6, 6.07) is 14.6. The fourth-order valence-electron chi connectivity index (χ4n) is 4.05. The topological polar surface area (TPSA) is 121 Å². The van der Waals surface area contributed by atoms with E-state index in [4.69, 9.17) is 16.3 Å². The number of nitrogens with zero attached hydrogens (tertiary/aromatic N) is 3. The molecule has 11 heteroatoms. The van der Waals surface area contributed by atoms with Crippen molar-refractivity contribution in [2.75, 3.05) is 50.6 Å². The Morgan fingerprint density at radius 1 is 1.05 bits per heavy atom. The van der Waals surface area contributed by atoms with Gasteiger partial charge in [0, 0.05) is 41.8 Å². The van der Waals surface area contributed by atoms with Gasteiger partial charge >= 0.3 is 6.09 Å². The quantitative estimate of drug-likeness (QED) is 0.344. The number of imidazole rings is 1. The van der Waals surface area contributed by atoms with E-state index in [-0.39, 0.29) is 5.91 Å². The molecule has 0 spiro atoms. The molecule has 10 nitrogen and oxygen atoms in total. The van der Waals surface area contributed by atoms with Crippen molar-refractivity contribution in [2.24, 2.45) is 0 Å². The van der Waals surface area contributed by atoms with Gasteiger partial charge in [-0.25, -0.2) is 14.8 Å². The summed E-state index contributed by atoms with van der Waals surface area (Å²) >= 11 is 6.48. The van der Waals surface area contributed by atoms with Crippen LogP contribution in [-0.2, 0) is 14.3 Å². The fourth-order valence-corrected chi connectivity index (χ4v) is 4.25. The van der Waals surface area contributed by atoms with Crippen LogP contribution >= 0.6 is 11.6 Å². The van der Waals surface area contributed by atoms with Gasteiger partial charge in [-0.3, -0.25) is 15.0 Å². The van der Waals surface area contributed by atoms with E-state index in [0.29, 0.717) is 53.2 Å². The Bertz CT molecular complexity index is 1430. The van der Waals surface area contributed by atoms with Crippen LogP contribution in [0.25, 0.3) is 33.7 Å². The monoisotopic (exact) mass is 520 g/mol. The second kappa shape index (κ2) is 11.0. The van der Waals surface area contributed by atoms with Crippen LogP contribution < -0.4 is 10.6 Å². The highest BCUT2D eigenvalue weighted by Gasteiger charge is 2.16. The van der Waals surface area contributed by atoms with Gasteiger partial charge in [0.05, 0.1) is 37.4 Å². The van der Waals surface area contributed by atoms with Gasteiger partial charge in [-0.2, -0.15) is 0 Å². The molecule has 0 unspecified atom stereocenters. The van der Waals surface area contributed by atoms with Gasteiger partial charge in [-0.05, 0) is 42.0 Å². The van der Waals surface area contributed by atoms with Crippen LogP contribution in [0.1, 0.15) is 0 Å². The minimum absolute atomic E-state index is 0.0982. The SMILES string of the molecule is COC(=O)Nc1ccc(-c2cnc3nc(-c4cc(NC(=O)CN5CCOCC5)ccc4Cl)[nH]c3c2)cc1. The third-order valence-corrected chi connectivity index (χ3v) is 6.29. The average Bonchev–Trinajstić information content (AvgIpc) is 3.34. The number of hydrogen-bond donors (Lipinski definition) is 3. The zero-order chi connectivity index (χ0) is 25.8. The van der Waals surface area contributed by atoms with Crippen molar-refractivity contribution in [2.45, 2.75) is 0 Å². The van der Waals surface area contributed by atoms with E-state index in [1.807, 2.05) is 18.2 Å². The predicted molar refractivity (Wildman–Crippen MR) is 142 cm³/mol. The van der Waals surface area contributed by atoms with Crippen molar-refractivity contribution in [3.63, 3.8) is 0 Å². The third kappa shape index (κ3) is 5.88. The minimum atomic E-state index is -0.528. The molecule has 4 aromatic rings. The molecule has 1 saturated heterocycles. The molecule has 0 bridgehead atoms. The number of benzene rings is 2. The predicted octanol–water partition coefficient (Wildman–Crippen LogP) is 4.39. The van der Waals surface area contributed by atoms with E-state index in [1.54, 1.807) is 36.5 Å². The fraction of sp³-hybridized carbons (Fsp3) is 0.231. The zero-order valence-electron chi connectivity index (χ0n) is 20.1. The summed E-state index contributed by atoms with van der Waals surface area (Å²) in [5.41, 5.74) is 4.99. The summed E-state index contributed by atoms with van der Waals surface area (Å²) in [7, 11) is 1.31. The van der Waals surface area contributed by atoms with E-state index in [2.05, 4.69) is 35.2 Å². The lowest BCUT2D eigenvalue weighted by Gasteiger charge is -2.25. The third-order valence-electron chi connectivity index (χ3n) is 5.96. The molecule has 2 aromatic heterocycles. The molecule has 1 fully saturated rings. The molecular formula is C26H25ClN6O4. The maximum absolute atomic E-state index is 12.5. The number of anilines is 2. The zero-order valence-corrected chi connectivity index (χ0v) is 20.8. The van der Waals surface area contributed by atoms with Crippen molar-refractivity contribution in [3.05, 3.63) is 59.8 Å². The summed E-state index contributed by atoms with van der Waals surface area (Å²) in [5, 5.41) is 6.06. The van der Waals surface area contributed by atoms with Crippen LogP contribution in [0.3, 0.4) is 0 Å². The van der Waals surface area contributed by atoms with Crippen LogP contribution in [0.15, 0.2) is 54.7 Å². The Labute approximate surface area is 218 Å². The van der Waals surface area contributed by atoms with Crippen LogP contribution in [0, 0.1) is 0 Å². The molecule has 37 heavy (non-hydrogen) atoms. The highest BCUT2D eigenvalue weighted by molar-refractivity contribution is 6.33. The van der Waals surface area contributed by atoms with Crippen LogP contribution in [0.5, 0.6) is 0 Å². The molecule has 2 amide bonds. The number of carbonyl (C=O) groups excluding carboxylic acids is 2. The molecular weight excluding hydrogens is 496 g/mol. The van der Waals surface area contributed by atoms with Gasteiger partial charge in [0.15, 0.2) is 5.65 Å². The number of hydrogen-bond acceptors (Lipinski definition) is 7. The lowest BCUT2D eigenvalue weighted by Crippen LogP contribution is -2.41. The summed E-state index contributed by atoms with van der Waals surface area (Å²) in [5.74, 6) is 0.449. The van der Waals surface area contributed by atoms with Gasteiger partial charge in [0.2, 0.25) is 5.91 Å². The van der Waals surface area contributed by atoms with Crippen molar-refractivity contribution in [3.8, 4) is 22.5 Å². The molecule has 0 aliphatic carbocycles. The number of H-pyrrole nitrogens is 1. The number of ether oxygens (including phenoxy) is 2. The number of rotatable bonds is 6. The van der Waals surface area contributed by atoms with Gasteiger partial charge in [0.1, 0.15) is 5.82 Å². The first kappa shape index (κ1) is 24.7. The number of fused-ring (bicyclic) bond motifs is 1. The average molecular weight is 521 g/mol. The molecule has 190 valence electrons. The summed E-state index contributed by atoms with van der Waals surface area (Å²) < 4.78 is 9.95. The molecule has 0 atom stereocenters. The summed E-state index contributed by atoms with van der Waals surface area (Å²) in [4.78, 5) is 38.4. The lowest BCUT2D eigenvalue weighted by molar-refractivity contribution is -0.118. The summed E-state index contributed by atoms with van der Waals surface area (Å²) in [6.07, 6.45) is 1.21. The maximum atomic E-state index is 12.5. The Hall–Kier alpha value is -3.99. The molecule has 3 N–H and O–H groups in total. The molecule has 0 saturated carbocycles. The lowest BCUT2D eigenvalue weighted by atomic mass is 10.1. The Balaban J connectivity index is 1.34. The van der Waals surface area contributed by atoms with E-state index >= 15 is 0 Å². The Kier molecular flexibility index (Phi) is 7.31. The van der Waals surface area contributed by atoms with E-state index < -0.39 is 6.09 Å². The second-order valence-corrected chi connectivity index (χ2v) is 8.91. The second-order valence-electron chi connectivity index (χ2n) is 8.51. The highest BCUT2D eigenvalue weighted by Crippen LogP contribution is 2.31. The number of morpholine rings is 1. The van der Waals surface area contributed by atoms with E-state index in [1.165, 1.54) is 7.11 Å². The molecule has 5 rings (SSSR count). The first-order chi connectivity index (χ1) is 18.0. The number of aromatic nitrogens is 3. The van der Waals surface area contributed by atoms with E-state index in [9.17, 15) is 9.59 Å². The van der Waals surface area contributed by atoms with Crippen LogP contribution in [0.2, 0.25) is 5.02 Å². The molecule has 2 aromatic carbocycles. The first-order valence-corrected chi connectivity index (χ1v) is 12.1. The van der Waals surface area contributed by atoms with Crippen molar-refractivity contribution < 1.29 is 19.1 Å². The number of aromatic amines is 1. The first-order valence-electron chi connectivity index (χ1n) is 11.7. The highest BCUT2D eigenvalue weighted by atomic mass is 35.5. The van der Waals surface area contributed by atoms with Gasteiger partial charge in [-0.15, -0.1) is 0 Å². The van der Waals surface area contributed by atoms with Crippen LogP contribution in [-0.4, -0.2) is 71.8 Å². The van der Waals surface area contributed by atoms with Crippen LogP contribution in [0.4, 0.5) is 16.2 Å². The largest absolute Gasteiger partial charge is 0.453 e. The number of pyridine rings is 1. The van der Waals surface area contributed by atoms with Gasteiger partial charge in [0.25, 0.3) is 0 Å². The Morgan fingerprint density at radius 2 is 1.81 bits per heavy atom. The minimum Gasteiger partial charge on any atom is -0.453 e. The van der Waals surface area contributed by atoms with Gasteiger partial charge < -0.3 is 19.8 Å². The molecule has 1 aliphatic rings.